The van der Waals surface area contributed by atoms with E-state index in [0.29, 0.717) is 19.0 Å². The van der Waals surface area contributed by atoms with Crippen LogP contribution >= 0.6 is 11.8 Å². The highest BCUT2D eigenvalue weighted by Gasteiger charge is 2.11. The smallest absolute Gasteiger partial charge is 0.327 e. The summed E-state index contributed by atoms with van der Waals surface area (Å²) in [6.45, 7) is 2.85. The predicted molar refractivity (Wildman–Crippen MR) is 63.1 cm³/mol. The Morgan fingerprint density at radius 2 is 2.33 bits per heavy atom. The Kier molecular flexibility index (Phi) is 8.79. The zero-order chi connectivity index (χ0) is 11.7. The fraction of sp³-hybridized carbons (Fsp3) is 0.889. The van der Waals surface area contributed by atoms with Gasteiger partial charge in [0.2, 0.25) is 0 Å². The average molecular weight is 235 g/mol. The van der Waals surface area contributed by atoms with Gasteiger partial charge in [0.05, 0.1) is 6.42 Å². The second-order valence-electron chi connectivity index (χ2n) is 3.45. The first kappa shape index (κ1) is 14.7. The Labute approximate surface area is 95.6 Å². The van der Waals surface area contributed by atoms with Crippen LogP contribution in [0.25, 0.3) is 0 Å². The second-order valence-corrected chi connectivity index (χ2v) is 4.44. The number of hydrogen-bond acceptors (Lipinski definition) is 6. The molecule has 0 spiro atoms. The summed E-state index contributed by atoms with van der Waals surface area (Å²) in [7, 11) is 2.01. The van der Waals surface area contributed by atoms with Crippen LogP contribution in [0, 0.1) is 0 Å². The third-order valence-electron chi connectivity index (χ3n) is 2.33. The van der Waals surface area contributed by atoms with Gasteiger partial charge in [0, 0.05) is 12.6 Å². The van der Waals surface area contributed by atoms with Gasteiger partial charge in [-0.25, -0.2) is 5.84 Å². The van der Waals surface area contributed by atoms with E-state index in [4.69, 9.17) is 5.84 Å². The molecule has 0 aliphatic carbocycles. The summed E-state index contributed by atoms with van der Waals surface area (Å²) >= 11 is 1.84. The summed E-state index contributed by atoms with van der Waals surface area (Å²) < 4.78 is 0. The van der Waals surface area contributed by atoms with E-state index in [9.17, 15) is 4.79 Å². The summed E-state index contributed by atoms with van der Waals surface area (Å²) in [6, 6.07) is 0.482. The van der Waals surface area contributed by atoms with Gasteiger partial charge in [-0.3, -0.25) is 4.79 Å². The average Bonchev–Trinajstić information content (AvgIpc) is 2.22. The lowest BCUT2D eigenvalue weighted by Crippen LogP contribution is -2.33. The van der Waals surface area contributed by atoms with Crippen LogP contribution in [0.15, 0.2) is 0 Å². The van der Waals surface area contributed by atoms with Gasteiger partial charge in [0.25, 0.3) is 0 Å². The lowest BCUT2D eigenvalue weighted by Gasteiger charge is -2.23. The molecule has 1 unspecified atom stereocenters. The van der Waals surface area contributed by atoms with E-state index in [-0.39, 0.29) is 5.97 Å². The monoisotopic (exact) mass is 235 g/mol. The van der Waals surface area contributed by atoms with Crippen molar-refractivity contribution in [2.75, 3.05) is 25.6 Å². The number of nitrogens with one attached hydrogen (secondary N) is 1. The molecule has 0 aromatic rings. The van der Waals surface area contributed by atoms with Crippen molar-refractivity contribution in [2.24, 2.45) is 5.84 Å². The van der Waals surface area contributed by atoms with Gasteiger partial charge in [0.15, 0.2) is 0 Å². The Balaban J connectivity index is 3.62. The summed E-state index contributed by atoms with van der Waals surface area (Å²) in [5.74, 6) is 5.66. The van der Waals surface area contributed by atoms with E-state index in [1.54, 1.807) is 0 Å². The topological polar surface area (TPSA) is 67.6 Å². The second kappa shape index (κ2) is 8.96. The van der Waals surface area contributed by atoms with Gasteiger partial charge < -0.3 is 9.74 Å². The number of carbonyl (C=O) groups is 1. The number of hydrogen-bond donors (Lipinski definition) is 2. The van der Waals surface area contributed by atoms with Gasteiger partial charge in [-0.15, -0.1) is 0 Å². The largest absolute Gasteiger partial charge is 0.356 e. The van der Waals surface area contributed by atoms with Crippen LogP contribution < -0.4 is 11.4 Å². The number of rotatable bonds is 8. The van der Waals surface area contributed by atoms with Crippen molar-refractivity contribution in [3.05, 3.63) is 0 Å². The van der Waals surface area contributed by atoms with E-state index in [1.807, 2.05) is 24.4 Å². The molecule has 1 atom stereocenters. The summed E-state index contributed by atoms with van der Waals surface area (Å²) in [4.78, 5) is 17.5. The molecule has 15 heavy (non-hydrogen) atoms. The molecule has 6 heteroatoms. The maximum absolute atomic E-state index is 11.0. The minimum absolute atomic E-state index is 0.332. The molecule has 0 aliphatic rings. The van der Waals surface area contributed by atoms with Crippen molar-refractivity contribution in [3.8, 4) is 0 Å². The summed E-state index contributed by atoms with van der Waals surface area (Å²) in [5.41, 5.74) is 1.88. The number of carbonyl (C=O) groups excluding carboxylic acids is 1. The molecule has 0 rings (SSSR count). The van der Waals surface area contributed by atoms with Crippen LogP contribution in [-0.4, -0.2) is 42.5 Å². The Morgan fingerprint density at radius 1 is 1.67 bits per heavy atom. The molecule has 0 heterocycles. The van der Waals surface area contributed by atoms with Crippen LogP contribution in [0.2, 0.25) is 0 Å². The third-order valence-corrected chi connectivity index (χ3v) is 2.98. The Hall–Kier alpha value is -0.300. The molecule has 0 fully saturated rings. The Bertz CT molecular complexity index is 181. The van der Waals surface area contributed by atoms with Crippen LogP contribution in [-0.2, 0) is 9.63 Å². The van der Waals surface area contributed by atoms with Crippen LogP contribution in [0.3, 0.4) is 0 Å². The van der Waals surface area contributed by atoms with Gasteiger partial charge in [-0.05, 0) is 32.4 Å². The molecule has 5 nitrogen and oxygen atoms in total. The van der Waals surface area contributed by atoms with Crippen LogP contribution in [0.4, 0.5) is 0 Å². The molecule has 0 amide bonds. The number of nitrogens with two attached hydrogens (primary N) is 1. The van der Waals surface area contributed by atoms with E-state index in [0.717, 1.165) is 12.2 Å². The molecule has 0 bridgehead atoms. The van der Waals surface area contributed by atoms with E-state index in [2.05, 4.69) is 22.9 Å². The van der Waals surface area contributed by atoms with Crippen molar-refractivity contribution >= 4 is 17.7 Å². The number of hydrazine groups is 1. The molecule has 0 radical (unpaired) electrons. The summed E-state index contributed by atoms with van der Waals surface area (Å²) in [6.07, 6.45) is 3.57. The third kappa shape index (κ3) is 7.61. The minimum atomic E-state index is -0.332. The van der Waals surface area contributed by atoms with Crippen LogP contribution in [0.5, 0.6) is 0 Å². The maximum Gasteiger partial charge on any atom is 0.327 e. The molecular weight excluding hydrogens is 214 g/mol. The molecular formula is C9H21N3O2S. The fourth-order valence-electron chi connectivity index (χ4n) is 1.11. The van der Waals surface area contributed by atoms with E-state index >= 15 is 0 Å². The molecule has 0 saturated carbocycles. The quantitative estimate of drug-likeness (QED) is 0.468. The van der Waals surface area contributed by atoms with E-state index in [1.165, 1.54) is 0 Å². The highest BCUT2D eigenvalue weighted by molar-refractivity contribution is 7.98. The lowest BCUT2D eigenvalue weighted by atomic mass is 10.2. The van der Waals surface area contributed by atoms with Crippen molar-refractivity contribution in [1.29, 1.82) is 0 Å². The highest BCUT2D eigenvalue weighted by atomic mass is 32.2. The van der Waals surface area contributed by atoms with Gasteiger partial charge in [0.1, 0.15) is 0 Å². The normalized spacial score (nSPS) is 12.9. The first-order valence-corrected chi connectivity index (χ1v) is 6.35. The first-order valence-electron chi connectivity index (χ1n) is 4.96. The summed E-state index contributed by atoms with van der Waals surface area (Å²) in [5, 5.41) is 0. The zero-order valence-corrected chi connectivity index (χ0v) is 10.5. The van der Waals surface area contributed by atoms with Crippen molar-refractivity contribution in [3.63, 3.8) is 0 Å². The number of nitrogens with zero attached hydrogens (tertiary/aromatic N) is 1. The Morgan fingerprint density at radius 3 is 2.87 bits per heavy atom. The molecule has 0 saturated heterocycles. The van der Waals surface area contributed by atoms with Gasteiger partial charge in [-0.1, -0.05) is 5.59 Å². The predicted octanol–water partition coefficient (Wildman–Crippen LogP) is 0.371. The molecule has 3 N–H and O–H groups in total. The highest BCUT2D eigenvalue weighted by Crippen LogP contribution is 2.06. The molecule has 0 aromatic carbocycles. The molecule has 90 valence electrons. The van der Waals surface area contributed by atoms with Gasteiger partial charge >= 0.3 is 5.97 Å². The SMILES string of the molecule is CSCCC(C)N(C)CCC(=O)ONN. The van der Waals surface area contributed by atoms with Crippen molar-refractivity contribution in [1.82, 2.24) is 10.5 Å². The van der Waals surface area contributed by atoms with Gasteiger partial charge in [-0.2, -0.15) is 11.8 Å². The van der Waals surface area contributed by atoms with Crippen molar-refractivity contribution < 1.29 is 9.63 Å². The lowest BCUT2D eigenvalue weighted by molar-refractivity contribution is -0.151. The van der Waals surface area contributed by atoms with Crippen molar-refractivity contribution in [2.45, 2.75) is 25.8 Å². The number of thioether (sulfide) groups is 1. The minimum Gasteiger partial charge on any atom is -0.356 e. The van der Waals surface area contributed by atoms with Crippen LogP contribution in [0.1, 0.15) is 19.8 Å². The molecule has 0 aliphatic heterocycles. The zero-order valence-electron chi connectivity index (χ0n) is 9.66. The first-order chi connectivity index (χ1) is 7.11. The molecule has 0 aromatic heterocycles. The maximum atomic E-state index is 11.0. The van der Waals surface area contributed by atoms with E-state index < -0.39 is 0 Å². The standard InChI is InChI=1S/C9H21N3O2S/c1-8(5-7-15-3)12(2)6-4-9(13)14-11-10/h8,11H,4-7,10H2,1-3H3. The fourth-order valence-corrected chi connectivity index (χ4v) is 1.69.